The third-order valence-corrected chi connectivity index (χ3v) is 6.04. The maximum absolute atomic E-state index is 15.1. The fourth-order valence-corrected chi connectivity index (χ4v) is 4.38. The number of halogens is 2. The van der Waals surface area contributed by atoms with Crippen LogP contribution in [0.4, 0.5) is 4.39 Å². The molecule has 1 atom stereocenters. The minimum absolute atomic E-state index is 0.176. The van der Waals surface area contributed by atoms with Crippen LogP contribution in [0.3, 0.4) is 0 Å². The standard InChI is InChI=1S/C25H23ClFNO3/c1-15-7-9-16(10-8-15)25(29)28-12-11-17-13-21(30-2)22(31-3)14-18(17)24(28)23-19(26)5-4-6-20(23)27/h4-10,13-14,24H,11-12H2,1-3H3/t24-/m0/s1. The quantitative estimate of drug-likeness (QED) is 0.531. The Morgan fingerprint density at radius 3 is 2.39 bits per heavy atom. The summed E-state index contributed by atoms with van der Waals surface area (Å²) in [6.45, 7) is 2.39. The predicted molar refractivity (Wildman–Crippen MR) is 119 cm³/mol. The van der Waals surface area contributed by atoms with Crippen LogP contribution in [0.2, 0.25) is 5.02 Å². The van der Waals surface area contributed by atoms with Crippen LogP contribution >= 0.6 is 11.6 Å². The normalized spacial score (nSPS) is 15.4. The van der Waals surface area contributed by atoms with Gasteiger partial charge in [0.2, 0.25) is 0 Å². The molecule has 1 heterocycles. The SMILES string of the molecule is COc1cc2c(cc1OC)[C@@H](c1c(F)cccc1Cl)N(C(=O)c1ccc(C)cc1)CC2. The topological polar surface area (TPSA) is 38.8 Å². The van der Waals surface area contributed by atoms with Crippen LogP contribution in [0, 0.1) is 12.7 Å². The Labute approximate surface area is 186 Å². The first kappa shape index (κ1) is 21.2. The van der Waals surface area contributed by atoms with Crippen molar-refractivity contribution >= 4 is 17.5 Å². The average Bonchev–Trinajstić information content (AvgIpc) is 2.78. The van der Waals surface area contributed by atoms with Crippen molar-refractivity contribution in [3.8, 4) is 11.5 Å². The summed E-state index contributed by atoms with van der Waals surface area (Å²) in [6, 6.07) is 15.0. The van der Waals surface area contributed by atoms with E-state index < -0.39 is 11.9 Å². The zero-order valence-electron chi connectivity index (χ0n) is 17.6. The molecule has 0 aliphatic carbocycles. The van der Waals surface area contributed by atoms with Gasteiger partial charge >= 0.3 is 0 Å². The molecule has 31 heavy (non-hydrogen) atoms. The molecule has 0 spiro atoms. The second-order valence-corrected chi connectivity index (χ2v) is 7.97. The number of rotatable bonds is 4. The van der Waals surface area contributed by atoms with Gasteiger partial charge in [0.1, 0.15) is 5.82 Å². The van der Waals surface area contributed by atoms with Gasteiger partial charge in [-0.1, -0.05) is 35.4 Å². The van der Waals surface area contributed by atoms with Gasteiger partial charge < -0.3 is 14.4 Å². The van der Waals surface area contributed by atoms with E-state index in [4.69, 9.17) is 21.1 Å². The molecule has 0 radical (unpaired) electrons. The summed E-state index contributed by atoms with van der Waals surface area (Å²) >= 11 is 6.46. The van der Waals surface area contributed by atoms with Crippen molar-refractivity contribution in [2.45, 2.75) is 19.4 Å². The van der Waals surface area contributed by atoms with E-state index in [-0.39, 0.29) is 16.5 Å². The van der Waals surface area contributed by atoms with E-state index in [2.05, 4.69) is 0 Å². The van der Waals surface area contributed by atoms with Gasteiger partial charge in [0, 0.05) is 22.7 Å². The fourth-order valence-electron chi connectivity index (χ4n) is 4.11. The lowest BCUT2D eigenvalue weighted by Gasteiger charge is -2.38. The minimum Gasteiger partial charge on any atom is -0.493 e. The van der Waals surface area contributed by atoms with Crippen molar-refractivity contribution in [2.75, 3.05) is 20.8 Å². The first-order valence-electron chi connectivity index (χ1n) is 10.0. The van der Waals surface area contributed by atoms with Gasteiger partial charge in [-0.2, -0.15) is 0 Å². The first-order chi connectivity index (χ1) is 14.9. The van der Waals surface area contributed by atoms with Gasteiger partial charge in [-0.15, -0.1) is 0 Å². The van der Waals surface area contributed by atoms with Crippen molar-refractivity contribution < 1.29 is 18.7 Å². The highest BCUT2D eigenvalue weighted by Crippen LogP contribution is 2.44. The molecule has 1 amide bonds. The number of nitrogens with zero attached hydrogens (tertiary/aromatic N) is 1. The van der Waals surface area contributed by atoms with Gasteiger partial charge in [0.25, 0.3) is 5.91 Å². The Morgan fingerprint density at radius 1 is 1.06 bits per heavy atom. The molecule has 4 rings (SSSR count). The number of amides is 1. The molecule has 0 N–H and O–H groups in total. The van der Waals surface area contributed by atoms with Crippen molar-refractivity contribution in [1.82, 2.24) is 4.90 Å². The third-order valence-electron chi connectivity index (χ3n) is 5.71. The lowest BCUT2D eigenvalue weighted by molar-refractivity contribution is 0.0691. The highest BCUT2D eigenvalue weighted by Gasteiger charge is 2.36. The number of carbonyl (C=O) groups is 1. The summed E-state index contributed by atoms with van der Waals surface area (Å²) < 4.78 is 26.0. The number of hydrogen-bond acceptors (Lipinski definition) is 3. The number of benzene rings is 3. The monoisotopic (exact) mass is 439 g/mol. The molecule has 6 heteroatoms. The Hall–Kier alpha value is -3.05. The average molecular weight is 440 g/mol. The third kappa shape index (κ3) is 3.86. The second kappa shape index (κ2) is 8.60. The Morgan fingerprint density at radius 2 is 1.74 bits per heavy atom. The first-order valence-corrected chi connectivity index (χ1v) is 10.4. The van der Waals surface area contributed by atoms with Crippen molar-refractivity contribution in [2.24, 2.45) is 0 Å². The van der Waals surface area contributed by atoms with Crippen LogP contribution in [0.5, 0.6) is 11.5 Å². The van der Waals surface area contributed by atoms with E-state index in [0.717, 1.165) is 16.7 Å². The summed E-state index contributed by atoms with van der Waals surface area (Å²) in [7, 11) is 3.12. The van der Waals surface area contributed by atoms with Crippen LogP contribution in [0.1, 0.15) is 38.7 Å². The number of methoxy groups -OCH3 is 2. The molecule has 0 saturated carbocycles. The van der Waals surface area contributed by atoms with E-state index in [0.29, 0.717) is 30.0 Å². The molecule has 0 fully saturated rings. The molecule has 4 nitrogen and oxygen atoms in total. The van der Waals surface area contributed by atoms with E-state index in [1.54, 1.807) is 43.4 Å². The van der Waals surface area contributed by atoms with Crippen molar-refractivity contribution in [3.05, 3.63) is 93.3 Å². The van der Waals surface area contributed by atoms with E-state index in [9.17, 15) is 4.79 Å². The zero-order chi connectivity index (χ0) is 22.1. The molecule has 1 aliphatic heterocycles. The molecule has 3 aromatic carbocycles. The van der Waals surface area contributed by atoms with Crippen molar-refractivity contribution in [1.29, 1.82) is 0 Å². The highest BCUT2D eigenvalue weighted by atomic mass is 35.5. The van der Waals surface area contributed by atoms with Gasteiger partial charge in [0.05, 0.1) is 20.3 Å². The Balaban J connectivity index is 1.90. The van der Waals surface area contributed by atoms with Crippen LogP contribution in [0.15, 0.2) is 54.6 Å². The van der Waals surface area contributed by atoms with Gasteiger partial charge in [-0.25, -0.2) is 4.39 Å². The molecule has 0 saturated heterocycles. The molecule has 3 aromatic rings. The smallest absolute Gasteiger partial charge is 0.254 e. The lowest BCUT2D eigenvalue weighted by Crippen LogP contribution is -2.41. The largest absolute Gasteiger partial charge is 0.493 e. The molecule has 0 bridgehead atoms. The summed E-state index contributed by atoms with van der Waals surface area (Å²) in [6.07, 6.45) is 0.607. The van der Waals surface area contributed by atoms with Crippen molar-refractivity contribution in [3.63, 3.8) is 0 Å². The van der Waals surface area contributed by atoms with Gasteiger partial charge in [-0.05, 0) is 60.9 Å². The Kier molecular flexibility index (Phi) is 5.88. The number of fused-ring (bicyclic) bond motifs is 1. The highest BCUT2D eigenvalue weighted by molar-refractivity contribution is 6.31. The number of carbonyl (C=O) groups excluding carboxylic acids is 1. The molecule has 1 aliphatic rings. The number of ether oxygens (including phenoxy) is 2. The zero-order valence-corrected chi connectivity index (χ0v) is 18.4. The van der Waals surface area contributed by atoms with Gasteiger partial charge in [-0.3, -0.25) is 4.79 Å². The minimum atomic E-state index is -0.689. The van der Waals surface area contributed by atoms with Crippen LogP contribution in [0.25, 0.3) is 0 Å². The van der Waals surface area contributed by atoms with Crippen LogP contribution in [-0.4, -0.2) is 31.6 Å². The summed E-state index contributed by atoms with van der Waals surface area (Å²) in [4.78, 5) is 15.2. The van der Waals surface area contributed by atoms with E-state index in [1.807, 2.05) is 31.2 Å². The second-order valence-electron chi connectivity index (χ2n) is 7.56. The number of hydrogen-bond donors (Lipinski definition) is 0. The molecule has 160 valence electrons. The summed E-state index contributed by atoms with van der Waals surface area (Å²) in [5, 5.41) is 0.273. The van der Waals surface area contributed by atoms with Crippen LogP contribution in [-0.2, 0) is 6.42 Å². The van der Waals surface area contributed by atoms with E-state index >= 15 is 4.39 Å². The Bertz CT molecular complexity index is 1110. The lowest BCUT2D eigenvalue weighted by atomic mass is 9.86. The van der Waals surface area contributed by atoms with E-state index in [1.165, 1.54) is 6.07 Å². The molecular formula is C25H23ClFNO3. The summed E-state index contributed by atoms with van der Waals surface area (Å²) in [5.41, 5.74) is 3.63. The molecule has 0 unspecified atom stereocenters. The van der Waals surface area contributed by atoms with Gasteiger partial charge in [0.15, 0.2) is 11.5 Å². The fraction of sp³-hybridized carbons (Fsp3) is 0.240. The summed E-state index contributed by atoms with van der Waals surface area (Å²) in [5.74, 6) is 0.480. The predicted octanol–water partition coefficient (Wildman–Crippen LogP) is 5.59. The van der Waals surface area contributed by atoms with Crippen LogP contribution < -0.4 is 9.47 Å². The maximum atomic E-state index is 15.1. The maximum Gasteiger partial charge on any atom is 0.254 e. The molecule has 0 aromatic heterocycles. The molecular weight excluding hydrogens is 417 g/mol. The number of aryl methyl sites for hydroxylation is 1.